The highest BCUT2D eigenvalue weighted by molar-refractivity contribution is 7.58. The first kappa shape index (κ1) is 21.9. The molecule has 5 nitrogen and oxygen atoms in total. The summed E-state index contributed by atoms with van der Waals surface area (Å²) >= 11 is 0. The second-order valence-electron chi connectivity index (χ2n) is 7.08. The lowest BCUT2D eigenvalue weighted by molar-refractivity contribution is 0.0979. The van der Waals surface area contributed by atoms with Gasteiger partial charge in [0, 0.05) is 17.6 Å². The van der Waals surface area contributed by atoms with Crippen LogP contribution in [-0.2, 0) is 4.57 Å². The van der Waals surface area contributed by atoms with E-state index in [9.17, 15) is 13.8 Å². The van der Waals surface area contributed by atoms with Crippen molar-refractivity contribution in [3.8, 4) is 0 Å². The molecule has 2 unspecified atom stereocenters. The molecule has 7 heteroatoms. The molecule has 30 heavy (non-hydrogen) atoms. The predicted molar refractivity (Wildman–Crippen MR) is 117 cm³/mol. The molecule has 0 saturated carbocycles. The molecule has 0 heterocycles. The topological polar surface area (TPSA) is 70.2 Å². The van der Waals surface area contributed by atoms with Gasteiger partial charge in [-0.1, -0.05) is 60.7 Å². The number of halogens is 1. The van der Waals surface area contributed by atoms with E-state index in [1.807, 2.05) is 74.5 Å². The molecule has 0 saturated heterocycles. The molecule has 1 amide bonds. The Labute approximate surface area is 176 Å². The molecule has 0 spiro atoms. The van der Waals surface area contributed by atoms with Gasteiger partial charge < -0.3 is 0 Å². The summed E-state index contributed by atoms with van der Waals surface area (Å²) in [4.78, 5) is 12.7. The monoisotopic (exact) mass is 425 g/mol. The quantitative estimate of drug-likeness (QED) is 0.425. The molecule has 156 valence electrons. The maximum absolute atomic E-state index is 13.8. The molecule has 3 N–H and O–H groups in total. The van der Waals surface area contributed by atoms with Crippen LogP contribution < -0.4 is 15.3 Å². The van der Waals surface area contributed by atoms with Crippen LogP contribution in [0.5, 0.6) is 0 Å². The fourth-order valence-electron chi connectivity index (χ4n) is 3.09. The Morgan fingerprint density at radius 3 is 1.63 bits per heavy atom. The van der Waals surface area contributed by atoms with E-state index in [4.69, 9.17) is 0 Å². The van der Waals surface area contributed by atoms with Gasteiger partial charge in [0.05, 0.1) is 0 Å². The zero-order valence-corrected chi connectivity index (χ0v) is 17.8. The van der Waals surface area contributed by atoms with E-state index in [2.05, 4.69) is 15.3 Å². The first-order valence-electron chi connectivity index (χ1n) is 9.70. The Morgan fingerprint density at radius 1 is 0.767 bits per heavy atom. The van der Waals surface area contributed by atoms with Crippen molar-refractivity contribution in [3.63, 3.8) is 0 Å². The number of carbonyl (C=O) groups is 1. The Morgan fingerprint density at radius 2 is 1.20 bits per heavy atom. The average Bonchev–Trinajstić information content (AvgIpc) is 2.75. The van der Waals surface area contributed by atoms with Gasteiger partial charge in [-0.05, 0) is 49.2 Å². The van der Waals surface area contributed by atoms with Crippen molar-refractivity contribution < 1.29 is 13.8 Å². The highest BCUT2D eigenvalue weighted by Crippen LogP contribution is 2.38. The van der Waals surface area contributed by atoms with E-state index in [0.717, 1.165) is 11.1 Å². The van der Waals surface area contributed by atoms with Gasteiger partial charge >= 0.3 is 7.59 Å². The van der Waals surface area contributed by atoms with Gasteiger partial charge in [0.2, 0.25) is 0 Å². The normalized spacial score (nSPS) is 15.0. The number of carbonyl (C=O) groups excluding carboxylic acids is 1. The summed E-state index contributed by atoms with van der Waals surface area (Å²) in [5, 5.41) is 8.72. The van der Waals surface area contributed by atoms with Crippen LogP contribution in [0.3, 0.4) is 0 Å². The Balaban J connectivity index is 1.84. The standard InChI is InChI=1S/C23H25FN3O2P/c1-17(19-9-5-3-6-10-19)25-30(29,26-18(2)20-11-7-4-8-12-20)27-23(28)21-13-15-22(24)16-14-21/h3-18H,1-2H3,(H3,25,26,27,28,29). The molecule has 0 fully saturated rings. The van der Waals surface area contributed by atoms with Crippen molar-refractivity contribution in [2.75, 3.05) is 0 Å². The van der Waals surface area contributed by atoms with E-state index in [1.54, 1.807) is 0 Å². The summed E-state index contributed by atoms with van der Waals surface area (Å²) in [5.74, 6) is -1.000. The fourth-order valence-corrected chi connectivity index (χ4v) is 5.10. The maximum atomic E-state index is 13.8. The molecule has 3 aromatic rings. The summed E-state index contributed by atoms with van der Waals surface area (Å²) < 4.78 is 27.0. The van der Waals surface area contributed by atoms with Crippen molar-refractivity contribution in [2.45, 2.75) is 25.9 Å². The Hall–Kier alpha value is -2.79. The molecule has 0 aliphatic rings. The van der Waals surface area contributed by atoms with Gasteiger partial charge in [0.1, 0.15) is 5.82 Å². The molecular formula is C23H25FN3O2P. The van der Waals surface area contributed by atoms with E-state index < -0.39 is 19.3 Å². The minimum absolute atomic E-state index is 0.222. The average molecular weight is 425 g/mol. The summed E-state index contributed by atoms with van der Waals surface area (Å²) in [6.07, 6.45) is 0. The van der Waals surface area contributed by atoms with Gasteiger partial charge in [0.15, 0.2) is 0 Å². The number of hydrogen-bond donors (Lipinski definition) is 3. The lowest BCUT2D eigenvalue weighted by Crippen LogP contribution is -2.37. The molecule has 0 aliphatic heterocycles. The molecular weight excluding hydrogens is 400 g/mol. The van der Waals surface area contributed by atoms with Gasteiger partial charge in [-0.3, -0.25) is 14.4 Å². The minimum Gasteiger partial charge on any atom is -0.279 e. The van der Waals surface area contributed by atoms with Crippen molar-refractivity contribution in [1.29, 1.82) is 0 Å². The Kier molecular flexibility index (Phi) is 7.16. The highest BCUT2D eigenvalue weighted by atomic mass is 31.2. The van der Waals surface area contributed by atoms with Crippen LogP contribution in [0.15, 0.2) is 84.9 Å². The first-order chi connectivity index (χ1) is 14.4. The first-order valence-corrected chi connectivity index (χ1v) is 11.4. The van der Waals surface area contributed by atoms with Crippen LogP contribution in [0, 0.1) is 5.82 Å². The summed E-state index contributed by atoms with van der Waals surface area (Å²) in [6, 6.07) is 23.6. The highest BCUT2D eigenvalue weighted by Gasteiger charge is 2.29. The lowest BCUT2D eigenvalue weighted by Gasteiger charge is -2.28. The van der Waals surface area contributed by atoms with Crippen molar-refractivity contribution in [2.24, 2.45) is 0 Å². The fraction of sp³-hybridized carbons (Fsp3) is 0.174. The van der Waals surface area contributed by atoms with E-state index in [0.29, 0.717) is 0 Å². The summed E-state index contributed by atoms with van der Waals surface area (Å²) in [7, 11) is -3.59. The molecule has 0 aliphatic carbocycles. The SMILES string of the molecule is CC(NP(=O)(NC(=O)c1ccc(F)cc1)NC(C)c1ccccc1)c1ccccc1. The van der Waals surface area contributed by atoms with Crippen LogP contribution in [0.25, 0.3) is 0 Å². The molecule has 0 radical (unpaired) electrons. The van der Waals surface area contributed by atoms with Crippen LogP contribution in [0.4, 0.5) is 4.39 Å². The number of nitrogens with one attached hydrogen (secondary N) is 3. The maximum Gasteiger partial charge on any atom is 0.306 e. The van der Waals surface area contributed by atoms with Gasteiger partial charge in [-0.15, -0.1) is 0 Å². The Bertz CT molecular complexity index is 962. The number of amides is 1. The predicted octanol–water partition coefficient (Wildman–Crippen LogP) is 5.37. The number of benzene rings is 3. The smallest absolute Gasteiger partial charge is 0.279 e. The summed E-state index contributed by atoms with van der Waals surface area (Å²) in [5.41, 5.74) is 2.09. The molecule has 0 bridgehead atoms. The van der Waals surface area contributed by atoms with Crippen LogP contribution in [0.2, 0.25) is 0 Å². The van der Waals surface area contributed by atoms with Crippen molar-refractivity contribution >= 4 is 13.5 Å². The second kappa shape index (κ2) is 9.81. The van der Waals surface area contributed by atoms with Crippen LogP contribution in [0.1, 0.15) is 47.4 Å². The van der Waals surface area contributed by atoms with Crippen LogP contribution in [-0.4, -0.2) is 5.91 Å². The van der Waals surface area contributed by atoms with Gasteiger partial charge in [-0.2, -0.15) is 0 Å². The van der Waals surface area contributed by atoms with Gasteiger partial charge in [-0.25, -0.2) is 14.6 Å². The molecule has 2 atom stereocenters. The number of hydrogen-bond acceptors (Lipinski definition) is 2. The third kappa shape index (κ3) is 5.86. The molecule has 3 aromatic carbocycles. The van der Waals surface area contributed by atoms with Crippen molar-refractivity contribution in [3.05, 3.63) is 107 Å². The molecule has 0 aromatic heterocycles. The lowest BCUT2D eigenvalue weighted by atomic mass is 10.1. The van der Waals surface area contributed by atoms with E-state index in [1.165, 1.54) is 24.3 Å². The largest absolute Gasteiger partial charge is 0.306 e. The molecule has 3 rings (SSSR count). The summed E-state index contributed by atoms with van der Waals surface area (Å²) in [6.45, 7) is 3.75. The third-order valence-corrected chi connectivity index (χ3v) is 6.74. The number of rotatable bonds is 8. The second-order valence-corrected chi connectivity index (χ2v) is 9.04. The minimum atomic E-state index is -3.59. The van der Waals surface area contributed by atoms with E-state index >= 15 is 0 Å². The zero-order chi connectivity index (χ0) is 21.6. The van der Waals surface area contributed by atoms with E-state index in [-0.39, 0.29) is 17.6 Å². The van der Waals surface area contributed by atoms with Crippen molar-refractivity contribution in [1.82, 2.24) is 15.3 Å². The third-order valence-electron chi connectivity index (χ3n) is 4.72. The zero-order valence-electron chi connectivity index (χ0n) is 16.9. The van der Waals surface area contributed by atoms with Crippen LogP contribution >= 0.6 is 7.59 Å². The van der Waals surface area contributed by atoms with Gasteiger partial charge in [0.25, 0.3) is 5.91 Å².